The van der Waals surface area contributed by atoms with Gasteiger partial charge in [0.15, 0.2) is 0 Å². The lowest BCUT2D eigenvalue weighted by Crippen LogP contribution is -2.35. The number of nitrogens with zero attached hydrogens (tertiary/aromatic N) is 2. The molecule has 0 amide bonds. The minimum Gasteiger partial charge on any atom is -0.480 e. The Morgan fingerprint density at radius 2 is 2.33 bits per heavy atom. The summed E-state index contributed by atoms with van der Waals surface area (Å²) in [6, 6.07) is -0.590. The number of carboxylic acids is 1. The number of aromatic nitrogens is 2. The van der Waals surface area contributed by atoms with Crippen LogP contribution in [-0.2, 0) is 18.3 Å². The standard InChI is InChI=1S/C9H13N3O2.ClH/c1-5-7-6(12(2)11-5)3-4-10-8(7)9(13)14;/h8,10H,3-4H2,1-2H3,(H,13,14);1H. The second kappa shape index (κ2) is 4.20. The highest BCUT2D eigenvalue weighted by Gasteiger charge is 2.30. The highest BCUT2D eigenvalue weighted by Crippen LogP contribution is 2.25. The largest absolute Gasteiger partial charge is 0.480 e. The zero-order chi connectivity index (χ0) is 10.3. The molecule has 6 heteroatoms. The maximum Gasteiger partial charge on any atom is 0.325 e. The quantitative estimate of drug-likeness (QED) is 0.735. The zero-order valence-corrected chi connectivity index (χ0v) is 9.47. The van der Waals surface area contributed by atoms with Gasteiger partial charge >= 0.3 is 5.97 Å². The van der Waals surface area contributed by atoms with E-state index in [2.05, 4.69) is 10.4 Å². The molecule has 0 bridgehead atoms. The van der Waals surface area contributed by atoms with Crippen LogP contribution in [0, 0.1) is 6.92 Å². The molecule has 2 heterocycles. The second-order valence-corrected chi connectivity index (χ2v) is 3.54. The Kier molecular flexibility index (Phi) is 3.36. The molecule has 1 unspecified atom stereocenters. The Morgan fingerprint density at radius 1 is 1.67 bits per heavy atom. The number of fused-ring (bicyclic) bond motifs is 1. The van der Waals surface area contributed by atoms with Crippen molar-refractivity contribution in [2.75, 3.05) is 6.54 Å². The van der Waals surface area contributed by atoms with Crippen LogP contribution in [-0.4, -0.2) is 27.4 Å². The number of carboxylic acid groups (broad SMARTS) is 1. The summed E-state index contributed by atoms with van der Waals surface area (Å²) >= 11 is 0. The number of rotatable bonds is 1. The molecule has 1 atom stereocenters. The molecule has 0 saturated heterocycles. The summed E-state index contributed by atoms with van der Waals surface area (Å²) in [6.45, 7) is 2.55. The maximum atomic E-state index is 11.0. The first-order chi connectivity index (χ1) is 6.61. The lowest BCUT2D eigenvalue weighted by Gasteiger charge is -2.21. The highest BCUT2D eigenvalue weighted by atomic mass is 35.5. The van der Waals surface area contributed by atoms with Gasteiger partial charge < -0.3 is 10.4 Å². The Balaban J connectivity index is 0.00000112. The van der Waals surface area contributed by atoms with E-state index in [1.54, 1.807) is 4.68 Å². The summed E-state index contributed by atoms with van der Waals surface area (Å²) in [5.74, 6) is -0.831. The molecule has 0 spiro atoms. The molecule has 0 fully saturated rings. The van der Waals surface area contributed by atoms with Gasteiger partial charge in [-0.25, -0.2) is 0 Å². The van der Waals surface area contributed by atoms with Crippen molar-refractivity contribution >= 4 is 18.4 Å². The summed E-state index contributed by atoms with van der Waals surface area (Å²) in [5, 5.41) is 16.2. The van der Waals surface area contributed by atoms with Crippen molar-refractivity contribution in [2.24, 2.45) is 7.05 Å². The van der Waals surface area contributed by atoms with Crippen molar-refractivity contribution in [3.05, 3.63) is 17.0 Å². The zero-order valence-electron chi connectivity index (χ0n) is 8.65. The van der Waals surface area contributed by atoms with Crippen molar-refractivity contribution in [2.45, 2.75) is 19.4 Å². The fourth-order valence-corrected chi connectivity index (χ4v) is 2.04. The van der Waals surface area contributed by atoms with E-state index in [-0.39, 0.29) is 12.4 Å². The average molecular weight is 232 g/mol. The molecule has 0 aromatic carbocycles. The van der Waals surface area contributed by atoms with Crippen molar-refractivity contribution < 1.29 is 9.90 Å². The Hall–Kier alpha value is -1.07. The lowest BCUT2D eigenvalue weighted by molar-refractivity contribution is -0.139. The van der Waals surface area contributed by atoms with E-state index < -0.39 is 12.0 Å². The molecule has 0 aliphatic carbocycles. The Bertz CT molecular complexity index is 389. The average Bonchev–Trinajstić information content (AvgIpc) is 2.43. The van der Waals surface area contributed by atoms with Crippen LogP contribution in [0.4, 0.5) is 0 Å². The molecular weight excluding hydrogens is 218 g/mol. The monoisotopic (exact) mass is 231 g/mol. The minimum atomic E-state index is -0.831. The van der Waals surface area contributed by atoms with Gasteiger partial charge in [0, 0.05) is 31.3 Å². The third kappa shape index (κ3) is 1.85. The van der Waals surface area contributed by atoms with Crippen molar-refractivity contribution in [3.63, 3.8) is 0 Å². The van der Waals surface area contributed by atoms with Gasteiger partial charge in [0.2, 0.25) is 0 Å². The van der Waals surface area contributed by atoms with Crippen LogP contribution in [0.2, 0.25) is 0 Å². The summed E-state index contributed by atoms with van der Waals surface area (Å²) in [6.07, 6.45) is 0.844. The van der Waals surface area contributed by atoms with E-state index in [1.165, 1.54) is 0 Å². The van der Waals surface area contributed by atoms with Crippen molar-refractivity contribution in [1.29, 1.82) is 0 Å². The smallest absolute Gasteiger partial charge is 0.325 e. The highest BCUT2D eigenvalue weighted by molar-refractivity contribution is 5.85. The van der Waals surface area contributed by atoms with E-state index in [0.717, 1.165) is 23.4 Å². The third-order valence-electron chi connectivity index (χ3n) is 2.64. The van der Waals surface area contributed by atoms with Crippen LogP contribution >= 0.6 is 12.4 Å². The number of hydrogen-bond acceptors (Lipinski definition) is 3. The summed E-state index contributed by atoms with van der Waals surface area (Å²) in [7, 11) is 1.86. The van der Waals surface area contributed by atoms with Gasteiger partial charge in [-0.2, -0.15) is 5.10 Å². The van der Waals surface area contributed by atoms with Gasteiger partial charge in [0.1, 0.15) is 6.04 Å². The van der Waals surface area contributed by atoms with Gasteiger partial charge in [-0.15, -0.1) is 12.4 Å². The normalized spacial score (nSPS) is 19.2. The maximum absolute atomic E-state index is 11.0. The van der Waals surface area contributed by atoms with E-state index in [4.69, 9.17) is 5.11 Å². The van der Waals surface area contributed by atoms with E-state index in [9.17, 15) is 4.79 Å². The molecule has 1 aromatic heterocycles. The first kappa shape index (κ1) is 12.0. The molecule has 1 aromatic rings. The number of nitrogens with one attached hydrogen (secondary N) is 1. The SMILES string of the molecule is Cc1nn(C)c2c1C(C(=O)O)NCC2.Cl. The number of aliphatic carboxylic acids is 1. The van der Waals surface area contributed by atoms with Gasteiger partial charge in [0.05, 0.1) is 5.69 Å². The van der Waals surface area contributed by atoms with Crippen molar-refractivity contribution in [1.82, 2.24) is 15.1 Å². The van der Waals surface area contributed by atoms with Gasteiger partial charge in [-0.1, -0.05) is 0 Å². The summed E-state index contributed by atoms with van der Waals surface area (Å²) < 4.78 is 1.78. The van der Waals surface area contributed by atoms with Crippen LogP contribution < -0.4 is 5.32 Å². The van der Waals surface area contributed by atoms with Crippen LogP contribution in [0.1, 0.15) is 23.0 Å². The van der Waals surface area contributed by atoms with E-state index in [0.29, 0.717) is 6.54 Å². The molecule has 1 aliphatic rings. The molecule has 5 nitrogen and oxygen atoms in total. The topological polar surface area (TPSA) is 67.2 Å². The molecular formula is C9H14ClN3O2. The summed E-state index contributed by atoms with van der Waals surface area (Å²) in [4.78, 5) is 11.0. The Labute approximate surface area is 93.9 Å². The first-order valence-electron chi connectivity index (χ1n) is 4.60. The van der Waals surface area contributed by atoms with Gasteiger partial charge in [0.25, 0.3) is 0 Å². The van der Waals surface area contributed by atoms with Crippen molar-refractivity contribution in [3.8, 4) is 0 Å². The van der Waals surface area contributed by atoms with E-state index >= 15 is 0 Å². The predicted octanol–water partition coefficient (Wildman–Crippen LogP) is 0.422. The third-order valence-corrected chi connectivity index (χ3v) is 2.64. The summed E-state index contributed by atoms with van der Waals surface area (Å²) in [5.41, 5.74) is 2.68. The van der Waals surface area contributed by atoms with Crippen LogP contribution in [0.15, 0.2) is 0 Å². The number of carbonyl (C=O) groups is 1. The molecule has 2 N–H and O–H groups in total. The molecule has 2 rings (SSSR count). The number of halogens is 1. The Morgan fingerprint density at radius 3 is 2.93 bits per heavy atom. The van der Waals surface area contributed by atoms with Gasteiger partial charge in [-0.3, -0.25) is 9.48 Å². The van der Waals surface area contributed by atoms with Crippen LogP contribution in [0.25, 0.3) is 0 Å². The van der Waals surface area contributed by atoms with Crippen LogP contribution in [0.3, 0.4) is 0 Å². The first-order valence-corrected chi connectivity index (χ1v) is 4.60. The molecule has 15 heavy (non-hydrogen) atoms. The van der Waals surface area contributed by atoms with Gasteiger partial charge in [-0.05, 0) is 6.92 Å². The fourth-order valence-electron chi connectivity index (χ4n) is 2.04. The molecule has 84 valence electrons. The molecule has 0 saturated carbocycles. The van der Waals surface area contributed by atoms with E-state index in [1.807, 2.05) is 14.0 Å². The second-order valence-electron chi connectivity index (χ2n) is 3.54. The number of aryl methyl sites for hydroxylation is 2. The minimum absolute atomic E-state index is 0. The van der Waals surface area contributed by atoms with Crippen LogP contribution in [0.5, 0.6) is 0 Å². The molecule has 0 radical (unpaired) electrons. The number of hydrogen-bond donors (Lipinski definition) is 2. The predicted molar refractivity (Wildman–Crippen MR) is 57.3 cm³/mol. The molecule has 1 aliphatic heterocycles. The lowest BCUT2D eigenvalue weighted by atomic mass is 9.99. The fraction of sp³-hybridized carbons (Fsp3) is 0.556.